The first-order valence-corrected chi connectivity index (χ1v) is 4.83. The van der Waals surface area contributed by atoms with Gasteiger partial charge in [0.15, 0.2) is 5.78 Å². The summed E-state index contributed by atoms with van der Waals surface area (Å²) in [7, 11) is 0. The molecule has 1 aliphatic carbocycles. The van der Waals surface area contributed by atoms with E-state index in [0.717, 1.165) is 5.56 Å². The van der Waals surface area contributed by atoms with E-state index in [1.807, 2.05) is 0 Å². The first-order valence-electron chi connectivity index (χ1n) is 4.83. The zero-order valence-electron chi connectivity index (χ0n) is 8.66. The fourth-order valence-corrected chi connectivity index (χ4v) is 2.24. The second-order valence-electron chi connectivity index (χ2n) is 3.87. The Morgan fingerprint density at radius 1 is 1.33 bits per heavy atom. The molecule has 0 saturated carbocycles. The molecule has 15 heavy (non-hydrogen) atoms. The molecule has 0 spiro atoms. The lowest BCUT2D eigenvalue weighted by molar-refractivity contribution is -0.386. The van der Waals surface area contributed by atoms with Gasteiger partial charge in [0, 0.05) is 23.1 Å². The normalized spacial score (nSPS) is 14.1. The summed E-state index contributed by atoms with van der Waals surface area (Å²) >= 11 is 0. The van der Waals surface area contributed by atoms with Crippen LogP contribution in [-0.4, -0.2) is 10.7 Å². The van der Waals surface area contributed by atoms with Crippen molar-refractivity contribution in [1.82, 2.24) is 0 Å². The van der Waals surface area contributed by atoms with Gasteiger partial charge in [-0.1, -0.05) is 0 Å². The predicted molar refractivity (Wildman–Crippen MR) is 55.2 cm³/mol. The third-order valence-electron chi connectivity index (χ3n) is 2.95. The number of nitro groups is 1. The lowest BCUT2D eigenvalue weighted by Gasteiger charge is -2.06. The first kappa shape index (κ1) is 9.83. The predicted octanol–water partition coefficient (Wildman–Crippen LogP) is 2.34. The molecule has 1 aliphatic rings. The lowest BCUT2D eigenvalue weighted by Crippen LogP contribution is -2.01. The second-order valence-corrected chi connectivity index (χ2v) is 3.87. The summed E-state index contributed by atoms with van der Waals surface area (Å²) in [5.74, 6) is 0.103. The highest BCUT2D eigenvalue weighted by Gasteiger charge is 2.27. The summed E-state index contributed by atoms with van der Waals surface area (Å²) in [5, 5.41) is 10.8. The van der Waals surface area contributed by atoms with Crippen LogP contribution in [0.1, 0.15) is 33.5 Å². The molecule has 0 heterocycles. The van der Waals surface area contributed by atoms with Crippen molar-refractivity contribution < 1.29 is 9.72 Å². The number of hydrogen-bond acceptors (Lipinski definition) is 3. The van der Waals surface area contributed by atoms with E-state index in [1.165, 1.54) is 0 Å². The topological polar surface area (TPSA) is 60.2 Å². The van der Waals surface area contributed by atoms with E-state index >= 15 is 0 Å². The summed E-state index contributed by atoms with van der Waals surface area (Å²) in [6.45, 7) is 3.40. The number of carbonyl (C=O) groups excluding carboxylic acids is 1. The molecule has 0 saturated heterocycles. The average Bonchev–Trinajstić information content (AvgIpc) is 2.47. The van der Waals surface area contributed by atoms with Gasteiger partial charge in [-0.05, 0) is 31.9 Å². The number of benzene rings is 1. The molecular weight excluding hydrogens is 194 g/mol. The number of nitro benzene ring substituents is 1. The molecule has 1 aromatic carbocycles. The number of fused-ring (bicyclic) bond motifs is 1. The fourth-order valence-electron chi connectivity index (χ4n) is 2.24. The Bertz CT molecular complexity index is 477. The summed E-state index contributed by atoms with van der Waals surface area (Å²) in [4.78, 5) is 22.0. The van der Waals surface area contributed by atoms with Crippen LogP contribution < -0.4 is 0 Å². The lowest BCUT2D eigenvalue weighted by atomic mass is 9.98. The Kier molecular flexibility index (Phi) is 2.07. The van der Waals surface area contributed by atoms with E-state index in [4.69, 9.17) is 0 Å². The van der Waals surface area contributed by atoms with Gasteiger partial charge in [-0.15, -0.1) is 0 Å². The van der Waals surface area contributed by atoms with Gasteiger partial charge in [0.25, 0.3) is 5.69 Å². The minimum Gasteiger partial charge on any atom is -0.294 e. The van der Waals surface area contributed by atoms with E-state index in [-0.39, 0.29) is 16.4 Å². The standard InChI is InChI=1S/C11H11NO3/c1-6-5-9-8(3-4-10(9)13)7(2)11(6)12(14)15/h5H,3-4H2,1-2H3. The van der Waals surface area contributed by atoms with Crippen LogP contribution in [0, 0.1) is 24.0 Å². The van der Waals surface area contributed by atoms with Gasteiger partial charge in [-0.3, -0.25) is 14.9 Å². The van der Waals surface area contributed by atoms with Crippen LogP contribution in [-0.2, 0) is 6.42 Å². The van der Waals surface area contributed by atoms with Crippen LogP contribution in [0.5, 0.6) is 0 Å². The quantitative estimate of drug-likeness (QED) is 0.522. The van der Waals surface area contributed by atoms with E-state index < -0.39 is 0 Å². The maximum Gasteiger partial charge on any atom is 0.275 e. The molecule has 0 fully saturated rings. The van der Waals surface area contributed by atoms with Crippen LogP contribution in [0.4, 0.5) is 5.69 Å². The van der Waals surface area contributed by atoms with Crippen molar-refractivity contribution in [3.63, 3.8) is 0 Å². The Labute approximate surface area is 87.1 Å². The zero-order chi connectivity index (χ0) is 11.2. The van der Waals surface area contributed by atoms with Crippen molar-refractivity contribution >= 4 is 11.5 Å². The molecule has 0 amide bonds. The van der Waals surface area contributed by atoms with Crippen molar-refractivity contribution in [2.75, 3.05) is 0 Å². The van der Waals surface area contributed by atoms with Crippen LogP contribution in [0.25, 0.3) is 0 Å². The Morgan fingerprint density at radius 2 is 2.00 bits per heavy atom. The Balaban J connectivity index is 2.74. The van der Waals surface area contributed by atoms with Crippen LogP contribution >= 0.6 is 0 Å². The minimum atomic E-state index is -0.367. The third-order valence-corrected chi connectivity index (χ3v) is 2.95. The molecule has 2 rings (SSSR count). The van der Waals surface area contributed by atoms with Gasteiger partial charge in [-0.25, -0.2) is 0 Å². The Morgan fingerprint density at radius 3 is 2.60 bits per heavy atom. The van der Waals surface area contributed by atoms with Crippen molar-refractivity contribution in [2.24, 2.45) is 0 Å². The van der Waals surface area contributed by atoms with Crippen LogP contribution in [0.15, 0.2) is 6.07 Å². The minimum absolute atomic E-state index is 0.103. The van der Waals surface area contributed by atoms with Crippen molar-refractivity contribution in [3.05, 3.63) is 38.4 Å². The smallest absolute Gasteiger partial charge is 0.275 e. The van der Waals surface area contributed by atoms with E-state index in [0.29, 0.717) is 29.5 Å². The molecule has 0 bridgehead atoms. The average molecular weight is 205 g/mol. The maximum absolute atomic E-state index is 11.5. The van der Waals surface area contributed by atoms with E-state index in [2.05, 4.69) is 0 Å². The molecule has 78 valence electrons. The maximum atomic E-state index is 11.5. The van der Waals surface area contributed by atoms with E-state index in [1.54, 1.807) is 19.9 Å². The summed E-state index contributed by atoms with van der Waals surface area (Å²) in [6, 6.07) is 1.65. The molecule has 4 nitrogen and oxygen atoms in total. The largest absolute Gasteiger partial charge is 0.294 e. The number of hydrogen-bond donors (Lipinski definition) is 0. The highest BCUT2D eigenvalue weighted by atomic mass is 16.6. The molecule has 4 heteroatoms. The number of Topliss-reactive ketones (excluding diaryl/α,β-unsaturated/α-hetero) is 1. The Hall–Kier alpha value is -1.71. The van der Waals surface area contributed by atoms with Crippen LogP contribution in [0.2, 0.25) is 0 Å². The number of nitrogens with zero attached hydrogens (tertiary/aromatic N) is 1. The summed E-state index contributed by atoms with van der Waals surface area (Å²) in [6.07, 6.45) is 1.12. The fraction of sp³-hybridized carbons (Fsp3) is 0.364. The SMILES string of the molecule is Cc1cc2c(c(C)c1[N+](=O)[O-])CCC2=O. The zero-order valence-corrected chi connectivity index (χ0v) is 8.66. The molecule has 0 atom stereocenters. The molecule has 0 unspecified atom stereocenters. The van der Waals surface area contributed by atoms with Crippen molar-refractivity contribution in [1.29, 1.82) is 0 Å². The number of rotatable bonds is 1. The summed E-state index contributed by atoms with van der Waals surface area (Å²) in [5.41, 5.74) is 2.92. The highest BCUT2D eigenvalue weighted by molar-refractivity contribution is 6.01. The third kappa shape index (κ3) is 1.33. The molecule has 0 radical (unpaired) electrons. The number of ketones is 1. The van der Waals surface area contributed by atoms with Gasteiger partial charge in [-0.2, -0.15) is 0 Å². The molecular formula is C11H11NO3. The monoisotopic (exact) mass is 205 g/mol. The van der Waals surface area contributed by atoms with Gasteiger partial charge < -0.3 is 0 Å². The number of aryl methyl sites for hydroxylation is 1. The number of carbonyl (C=O) groups is 1. The van der Waals surface area contributed by atoms with Crippen LogP contribution in [0.3, 0.4) is 0 Å². The van der Waals surface area contributed by atoms with Gasteiger partial charge in [0.1, 0.15) is 0 Å². The molecule has 1 aromatic rings. The van der Waals surface area contributed by atoms with Gasteiger partial charge in [0.2, 0.25) is 0 Å². The summed E-state index contributed by atoms with van der Waals surface area (Å²) < 4.78 is 0. The highest BCUT2D eigenvalue weighted by Crippen LogP contribution is 2.33. The van der Waals surface area contributed by atoms with Gasteiger partial charge in [0.05, 0.1) is 4.92 Å². The second kappa shape index (κ2) is 3.15. The molecule has 0 aliphatic heterocycles. The van der Waals surface area contributed by atoms with Crippen molar-refractivity contribution in [2.45, 2.75) is 26.7 Å². The molecule has 0 N–H and O–H groups in total. The van der Waals surface area contributed by atoms with E-state index in [9.17, 15) is 14.9 Å². The first-order chi connectivity index (χ1) is 7.02. The van der Waals surface area contributed by atoms with Crippen molar-refractivity contribution in [3.8, 4) is 0 Å². The molecule has 0 aromatic heterocycles. The van der Waals surface area contributed by atoms with Gasteiger partial charge >= 0.3 is 0 Å².